The van der Waals surface area contributed by atoms with Crippen molar-refractivity contribution in [1.82, 2.24) is 9.99 Å². The second kappa shape index (κ2) is 7.79. The van der Waals surface area contributed by atoms with E-state index in [-0.39, 0.29) is 12.3 Å². The lowest BCUT2D eigenvalue weighted by Gasteiger charge is -2.06. The first-order chi connectivity index (χ1) is 11.1. The Morgan fingerprint density at radius 2 is 2.09 bits per heavy atom. The summed E-state index contributed by atoms with van der Waals surface area (Å²) in [6.07, 6.45) is 3.50. The van der Waals surface area contributed by atoms with Gasteiger partial charge in [0.2, 0.25) is 5.91 Å². The number of para-hydroxylation sites is 1. The van der Waals surface area contributed by atoms with Crippen LogP contribution in [-0.4, -0.2) is 34.4 Å². The van der Waals surface area contributed by atoms with Gasteiger partial charge in [0.1, 0.15) is 5.75 Å². The van der Waals surface area contributed by atoms with Crippen LogP contribution in [0.4, 0.5) is 0 Å². The van der Waals surface area contributed by atoms with Gasteiger partial charge in [-0.2, -0.15) is 5.10 Å². The highest BCUT2D eigenvalue weighted by Gasteiger charge is 2.06. The van der Waals surface area contributed by atoms with Crippen LogP contribution in [0.5, 0.6) is 5.75 Å². The molecule has 2 rings (SSSR count). The molecule has 0 unspecified atom stereocenters. The molecule has 0 saturated heterocycles. The number of hydrogen-bond donors (Lipinski definition) is 2. The van der Waals surface area contributed by atoms with Crippen molar-refractivity contribution < 1.29 is 19.4 Å². The molecule has 0 aliphatic heterocycles. The van der Waals surface area contributed by atoms with Crippen molar-refractivity contribution in [2.75, 3.05) is 6.61 Å². The van der Waals surface area contributed by atoms with Gasteiger partial charge >= 0.3 is 5.97 Å². The van der Waals surface area contributed by atoms with Crippen molar-refractivity contribution in [3.63, 3.8) is 0 Å². The van der Waals surface area contributed by atoms with Gasteiger partial charge in [-0.25, -0.2) is 10.2 Å². The fourth-order valence-corrected chi connectivity index (χ4v) is 1.92. The lowest BCUT2D eigenvalue weighted by molar-refractivity contribution is -0.139. The monoisotopic (exact) mass is 315 g/mol. The van der Waals surface area contributed by atoms with Crippen molar-refractivity contribution in [2.45, 2.75) is 6.42 Å². The first kappa shape index (κ1) is 16.3. The Morgan fingerprint density at radius 1 is 1.30 bits per heavy atom. The number of aromatic nitrogens is 1. The quantitative estimate of drug-likeness (QED) is 0.593. The highest BCUT2D eigenvalue weighted by atomic mass is 16.5. The zero-order valence-corrected chi connectivity index (χ0v) is 12.6. The normalized spacial score (nSPS) is 10.7. The first-order valence-electron chi connectivity index (χ1n) is 6.92. The molecule has 7 heteroatoms. The van der Waals surface area contributed by atoms with E-state index in [2.05, 4.69) is 10.5 Å². The molecule has 0 radical (unpaired) electrons. The molecule has 0 atom stereocenters. The summed E-state index contributed by atoms with van der Waals surface area (Å²) in [7, 11) is 1.86. The number of aryl methyl sites for hydroxylation is 1. The lowest BCUT2D eigenvalue weighted by atomic mass is 10.2. The second-order valence-electron chi connectivity index (χ2n) is 4.80. The van der Waals surface area contributed by atoms with Crippen LogP contribution >= 0.6 is 0 Å². The van der Waals surface area contributed by atoms with Gasteiger partial charge in [0.05, 0.1) is 12.6 Å². The predicted molar refractivity (Wildman–Crippen MR) is 84.4 cm³/mol. The van der Waals surface area contributed by atoms with Gasteiger partial charge in [0, 0.05) is 24.5 Å². The van der Waals surface area contributed by atoms with Gasteiger partial charge in [0.15, 0.2) is 6.61 Å². The molecule has 0 spiro atoms. The molecule has 0 fully saturated rings. The molecule has 1 heterocycles. The minimum absolute atomic E-state index is 0.220. The highest BCUT2D eigenvalue weighted by molar-refractivity contribution is 5.85. The average Bonchev–Trinajstić information content (AvgIpc) is 2.91. The van der Waals surface area contributed by atoms with Gasteiger partial charge in [-0.3, -0.25) is 4.79 Å². The standard InChI is InChI=1S/C16H17N3O4/c1-19-8-4-6-13(19)9-15(20)18-17-10-12-5-2-3-7-14(12)23-11-16(21)22/h2-8,10H,9,11H2,1H3,(H,18,20)(H,21,22)/b17-10+. The van der Waals surface area contributed by atoms with E-state index in [1.807, 2.05) is 29.9 Å². The van der Waals surface area contributed by atoms with Crippen LogP contribution in [0, 0.1) is 0 Å². The SMILES string of the molecule is Cn1cccc1CC(=O)N/N=C/c1ccccc1OCC(=O)O. The number of carbonyl (C=O) groups is 2. The molecule has 0 saturated carbocycles. The Bertz CT molecular complexity index is 722. The number of ether oxygens (including phenoxy) is 1. The summed E-state index contributed by atoms with van der Waals surface area (Å²) in [5, 5.41) is 12.5. The van der Waals surface area contributed by atoms with E-state index in [1.165, 1.54) is 6.21 Å². The van der Waals surface area contributed by atoms with Gasteiger partial charge < -0.3 is 14.4 Å². The number of hydrogen-bond acceptors (Lipinski definition) is 4. The number of benzene rings is 1. The summed E-state index contributed by atoms with van der Waals surface area (Å²) in [6, 6.07) is 10.6. The predicted octanol–water partition coefficient (Wildman–Crippen LogP) is 1.18. The topological polar surface area (TPSA) is 92.9 Å². The minimum Gasteiger partial charge on any atom is -0.481 e. The Balaban J connectivity index is 1.93. The molecule has 1 aromatic heterocycles. The molecule has 23 heavy (non-hydrogen) atoms. The van der Waals surface area contributed by atoms with Crippen LogP contribution in [0.3, 0.4) is 0 Å². The van der Waals surface area contributed by atoms with E-state index in [1.54, 1.807) is 24.3 Å². The second-order valence-corrected chi connectivity index (χ2v) is 4.80. The van der Waals surface area contributed by atoms with Crippen LogP contribution in [0.15, 0.2) is 47.7 Å². The van der Waals surface area contributed by atoms with E-state index in [9.17, 15) is 9.59 Å². The maximum Gasteiger partial charge on any atom is 0.341 e. The fraction of sp³-hybridized carbons (Fsp3) is 0.188. The summed E-state index contributed by atoms with van der Waals surface area (Å²) in [5.74, 6) is -0.921. The number of nitrogens with one attached hydrogen (secondary N) is 1. The van der Waals surface area contributed by atoms with Gasteiger partial charge in [-0.05, 0) is 24.3 Å². The summed E-state index contributed by atoms with van der Waals surface area (Å²) >= 11 is 0. The molecule has 0 aliphatic carbocycles. The Morgan fingerprint density at radius 3 is 2.78 bits per heavy atom. The molecular weight excluding hydrogens is 298 g/mol. The van der Waals surface area contributed by atoms with Crippen LogP contribution in [0.1, 0.15) is 11.3 Å². The van der Waals surface area contributed by atoms with Crippen molar-refractivity contribution in [3.8, 4) is 5.75 Å². The van der Waals surface area contributed by atoms with Crippen LogP contribution in [0.2, 0.25) is 0 Å². The van der Waals surface area contributed by atoms with E-state index < -0.39 is 12.6 Å². The van der Waals surface area contributed by atoms with E-state index in [0.29, 0.717) is 11.3 Å². The summed E-state index contributed by atoms with van der Waals surface area (Å²) < 4.78 is 7.01. The molecule has 2 aromatic rings. The van der Waals surface area contributed by atoms with E-state index >= 15 is 0 Å². The molecule has 1 aromatic carbocycles. The van der Waals surface area contributed by atoms with E-state index in [4.69, 9.17) is 9.84 Å². The molecule has 2 N–H and O–H groups in total. The number of carboxylic acid groups (broad SMARTS) is 1. The number of amides is 1. The van der Waals surface area contributed by atoms with Crippen LogP contribution in [0.25, 0.3) is 0 Å². The maximum absolute atomic E-state index is 11.8. The van der Waals surface area contributed by atoms with Gasteiger partial charge in [-0.15, -0.1) is 0 Å². The van der Waals surface area contributed by atoms with Gasteiger partial charge in [0.25, 0.3) is 0 Å². The molecular formula is C16H17N3O4. The minimum atomic E-state index is -1.06. The summed E-state index contributed by atoms with van der Waals surface area (Å²) in [6.45, 7) is -0.440. The summed E-state index contributed by atoms with van der Waals surface area (Å²) in [4.78, 5) is 22.4. The van der Waals surface area contributed by atoms with Crippen molar-refractivity contribution in [1.29, 1.82) is 0 Å². The third-order valence-corrected chi connectivity index (χ3v) is 3.06. The molecule has 120 valence electrons. The number of carbonyl (C=O) groups excluding carboxylic acids is 1. The number of aliphatic carboxylic acids is 1. The average molecular weight is 315 g/mol. The zero-order valence-electron chi connectivity index (χ0n) is 12.6. The number of rotatable bonds is 7. The lowest BCUT2D eigenvalue weighted by Crippen LogP contribution is -2.21. The van der Waals surface area contributed by atoms with Crippen LogP contribution < -0.4 is 10.2 Å². The Hall–Kier alpha value is -3.09. The maximum atomic E-state index is 11.8. The third-order valence-electron chi connectivity index (χ3n) is 3.06. The molecule has 0 aliphatic rings. The summed E-state index contributed by atoms with van der Waals surface area (Å²) in [5.41, 5.74) is 3.89. The third kappa shape index (κ3) is 4.99. The molecule has 7 nitrogen and oxygen atoms in total. The van der Waals surface area contributed by atoms with Crippen molar-refractivity contribution in [2.24, 2.45) is 12.1 Å². The first-order valence-corrected chi connectivity index (χ1v) is 6.92. The van der Waals surface area contributed by atoms with Crippen molar-refractivity contribution in [3.05, 3.63) is 53.9 Å². The van der Waals surface area contributed by atoms with Crippen LogP contribution in [-0.2, 0) is 23.1 Å². The fourth-order valence-electron chi connectivity index (χ4n) is 1.92. The number of carboxylic acids is 1. The smallest absolute Gasteiger partial charge is 0.341 e. The Kier molecular flexibility index (Phi) is 5.51. The molecule has 1 amide bonds. The Labute approximate surface area is 133 Å². The molecule has 0 bridgehead atoms. The van der Waals surface area contributed by atoms with Crippen molar-refractivity contribution >= 4 is 18.1 Å². The highest BCUT2D eigenvalue weighted by Crippen LogP contribution is 2.15. The number of hydrazone groups is 1. The zero-order chi connectivity index (χ0) is 16.7. The largest absolute Gasteiger partial charge is 0.481 e. The van der Waals surface area contributed by atoms with Gasteiger partial charge in [-0.1, -0.05) is 12.1 Å². The van der Waals surface area contributed by atoms with E-state index in [0.717, 1.165) is 5.69 Å². The number of nitrogens with zero attached hydrogens (tertiary/aromatic N) is 2.